The Bertz CT molecular complexity index is 760. The number of nitrogens with zero attached hydrogens (tertiary/aromatic N) is 1. The van der Waals surface area contributed by atoms with Gasteiger partial charge in [0.1, 0.15) is 5.82 Å². The Hall–Kier alpha value is -2.15. The number of benzene rings is 1. The molecule has 7 heteroatoms. The summed E-state index contributed by atoms with van der Waals surface area (Å²) in [6, 6.07) is 7.50. The van der Waals surface area contributed by atoms with Crippen molar-refractivity contribution in [3.63, 3.8) is 0 Å². The number of aromatic nitrogens is 2. The van der Waals surface area contributed by atoms with Gasteiger partial charge in [-0.2, -0.15) is 0 Å². The Morgan fingerprint density at radius 3 is 2.72 bits per heavy atom. The predicted octanol–water partition coefficient (Wildman–Crippen LogP) is 2.91. The highest BCUT2D eigenvalue weighted by Gasteiger charge is 2.08. The summed E-state index contributed by atoms with van der Waals surface area (Å²) < 4.78 is 12.9. The average Bonchev–Trinajstić information content (AvgIpc) is 2.53. The van der Waals surface area contributed by atoms with Gasteiger partial charge in [-0.1, -0.05) is 37.7 Å². The molecule has 0 aliphatic carbocycles. The molecule has 2 aromatic rings. The van der Waals surface area contributed by atoms with E-state index in [1.54, 1.807) is 12.1 Å². The molecule has 1 aromatic heterocycles. The number of aromatic amines is 1. The lowest BCUT2D eigenvalue weighted by Gasteiger charge is -2.07. The Balaban J connectivity index is 1.93. The molecule has 0 unspecified atom stereocenters. The quantitative estimate of drug-likeness (QED) is 0.559. The third kappa shape index (κ3) is 7.09. The van der Waals surface area contributed by atoms with E-state index >= 15 is 0 Å². The maximum atomic E-state index is 12.9. The summed E-state index contributed by atoms with van der Waals surface area (Å²) in [5, 5.41) is 3.28. The Labute approximate surface area is 150 Å². The van der Waals surface area contributed by atoms with Gasteiger partial charge >= 0.3 is 0 Å². The molecule has 0 saturated heterocycles. The van der Waals surface area contributed by atoms with Crippen LogP contribution in [0.25, 0.3) is 0 Å². The molecule has 0 bridgehead atoms. The van der Waals surface area contributed by atoms with Gasteiger partial charge in [-0.3, -0.25) is 9.59 Å². The van der Waals surface area contributed by atoms with E-state index in [-0.39, 0.29) is 23.7 Å². The molecule has 1 aromatic carbocycles. The van der Waals surface area contributed by atoms with Crippen molar-refractivity contribution in [3.8, 4) is 0 Å². The van der Waals surface area contributed by atoms with Crippen LogP contribution in [0.5, 0.6) is 0 Å². The van der Waals surface area contributed by atoms with E-state index in [0.29, 0.717) is 29.1 Å². The molecule has 2 N–H and O–H groups in total. The molecule has 134 valence electrons. The standard InChI is InChI=1S/C18H22FN3O2S/c1-12(2)7-8-20-16(23)9-15-10-17(24)22-18(21-15)25-11-13-3-5-14(19)6-4-13/h3-6,10,12H,7-9,11H2,1-2H3,(H,20,23)(H,21,22,24). The van der Waals surface area contributed by atoms with E-state index < -0.39 is 0 Å². The molecule has 0 fully saturated rings. The average molecular weight is 363 g/mol. The van der Waals surface area contributed by atoms with Gasteiger partial charge in [0.15, 0.2) is 5.16 Å². The first kappa shape index (κ1) is 19.2. The van der Waals surface area contributed by atoms with Crippen LogP contribution in [0.4, 0.5) is 4.39 Å². The molecular formula is C18H22FN3O2S. The first-order valence-corrected chi connectivity index (χ1v) is 9.15. The summed E-state index contributed by atoms with van der Waals surface area (Å²) in [6.07, 6.45) is 0.986. The highest BCUT2D eigenvalue weighted by atomic mass is 32.2. The molecule has 0 aliphatic rings. The second-order valence-electron chi connectivity index (χ2n) is 6.17. The number of carbonyl (C=O) groups excluding carboxylic acids is 1. The van der Waals surface area contributed by atoms with Crippen LogP contribution in [0.2, 0.25) is 0 Å². The topological polar surface area (TPSA) is 74.8 Å². The number of hydrogen-bond acceptors (Lipinski definition) is 4. The fraction of sp³-hybridized carbons (Fsp3) is 0.389. The minimum absolute atomic E-state index is 0.0755. The highest BCUT2D eigenvalue weighted by molar-refractivity contribution is 7.98. The van der Waals surface area contributed by atoms with Crippen LogP contribution in [0.15, 0.2) is 40.3 Å². The predicted molar refractivity (Wildman–Crippen MR) is 97.0 cm³/mol. The second-order valence-corrected chi connectivity index (χ2v) is 7.13. The lowest BCUT2D eigenvalue weighted by Crippen LogP contribution is -2.27. The summed E-state index contributed by atoms with van der Waals surface area (Å²) in [4.78, 5) is 30.7. The molecule has 0 atom stereocenters. The summed E-state index contributed by atoms with van der Waals surface area (Å²) >= 11 is 1.34. The van der Waals surface area contributed by atoms with Gasteiger partial charge in [0, 0.05) is 18.4 Å². The number of hydrogen-bond donors (Lipinski definition) is 2. The zero-order valence-electron chi connectivity index (χ0n) is 14.3. The van der Waals surface area contributed by atoms with Crippen molar-refractivity contribution < 1.29 is 9.18 Å². The number of amides is 1. The molecule has 2 rings (SSSR count). The van der Waals surface area contributed by atoms with Crippen molar-refractivity contribution in [2.45, 2.75) is 37.6 Å². The van der Waals surface area contributed by atoms with Crippen LogP contribution in [0.3, 0.4) is 0 Å². The zero-order valence-corrected chi connectivity index (χ0v) is 15.2. The monoisotopic (exact) mass is 363 g/mol. The van der Waals surface area contributed by atoms with Crippen LogP contribution < -0.4 is 10.9 Å². The molecule has 0 spiro atoms. The first-order chi connectivity index (χ1) is 11.9. The molecule has 0 saturated carbocycles. The van der Waals surface area contributed by atoms with E-state index in [2.05, 4.69) is 29.1 Å². The van der Waals surface area contributed by atoms with Crippen molar-refractivity contribution in [2.75, 3.05) is 6.54 Å². The van der Waals surface area contributed by atoms with E-state index in [4.69, 9.17) is 0 Å². The van der Waals surface area contributed by atoms with Gasteiger partial charge in [-0.25, -0.2) is 9.37 Å². The molecule has 1 heterocycles. The van der Waals surface area contributed by atoms with Crippen LogP contribution in [-0.4, -0.2) is 22.4 Å². The van der Waals surface area contributed by atoms with Gasteiger partial charge in [-0.05, 0) is 30.0 Å². The highest BCUT2D eigenvalue weighted by Crippen LogP contribution is 2.18. The van der Waals surface area contributed by atoms with E-state index in [0.717, 1.165) is 12.0 Å². The van der Waals surface area contributed by atoms with Crippen LogP contribution in [-0.2, 0) is 17.0 Å². The van der Waals surface area contributed by atoms with Crippen molar-refractivity contribution in [2.24, 2.45) is 5.92 Å². The lowest BCUT2D eigenvalue weighted by molar-refractivity contribution is -0.120. The lowest BCUT2D eigenvalue weighted by atomic mass is 10.1. The van der Waals surface area contributed by atoms with Gasteiger partial charge in [0.05, 0.1) is 12.1 Å². The van der Waals surface area contributed by atoms with Gasteiger partial charge in [0.25, 0.3) is 5.56 Å². The third-order valence-corrected chi connectivity index (χ3v) is 4.39. The van der Waals surface area contributed by atoms with E-state index in [1.807, 2.05) is 0 Å². The molecule has 0 radical (unpaired) electrons. The molecule has 1 amide bonds. The summed E-state index contributed by atoms with van der Waals surface area (Å²) in [7, 11) is 0. The second kappa shape index (κ2) is 9.36. The van der Waals surface area contributed by atoms with Crippen LogP contribution in [0.1, 0.15) is 31.5 Å². The summed E-state index contributed by atoms with van der Waals surface area (Å²) in [5.74, 6) is 0.638. The van der Waals surface area contributed by atoms with Crippen LogP contribution >= 0.6 is 11.8 Å². The first-order valence-electron chi connectivity index (χ1n) is 8.16. The summed E-state index contributed by atoms with van der Waals surface area (Å²) in [5.41, 5.74) is 1.07. The van der Waals surface area contributed by atoms with Crippen molar-refractivity contribution in [1.82, 2.24) is 15.3 Å². The minimum atomic E-state index is -0.290. The Morgan fingerprint density at radius 1 is 1.32 bits per heavy atom. The molecular weight excluding hydrogens is 341 g/mol. The molecule has 0 aliphatic heterocycles. The van der Waals surface area contributed by atoms with E-state index in [9.17, 15) is 14.0 Å². The number of carbonyl (C=O) groups is 1. The zero-order chi connectivity index (χ0) is 18.2. The fourth-order valence-corrected chi connectivity index (χ4v) is 2.95. The third-order valence-electron chi connectivity index (χ3n) is 3.45. The Kier molecular flexibility index (Phi) is 7.18. The van der Waals surface area contributed by atoms with Crippen molar-refractivity contribution in [3.05, 3.63) is 57.8 Å². The number of H-pyrrole nitrogens is 1. The van der Waals surface area contributed by atoms with Gasteiger partial charge in [0.2, 0.25) is 5.91 Å². The largest absolute Gasteiger partial charge is 0.356 e. The van der Waals surface area contributed by atoms with Crippen LogP contribution in [0, 0.1) is 11.7 Å². The van der Waals surface area contributed by atoms with Crippen molar-refractivity contribution >= 4 is 17.7 Å². The summed E-state index contributed by atoms with van der Waals surface area (Å²) in [6.45, 7) is 4.80. The van der Waals surface area contributed by atoms with Crippen molar-refractivity contribution in [1.29, 1.82) is 0 Å². The molecule has 25 heavy (non-hydrogen) atoms. The number of thioether (sulfide) groups is 1. The normalized spacial score (nSPS) is 10.9. The number of nitrogens with one attached hydrogen (secondary N) is 2. The van der Waals surface area contributed by atoms with Gasteiger partial charge in [-0.15, -0.1) is 0 Å². The maximum absolute atomic E-state index is 12.9. The Morgan fingerprint density at radius 2 is 2.04 bits per heavy atom. The minimum Gasteiger partial charge on any atom is -0.356 e. The maximum Gasteiger partial charge on any atom is 0.251 e. The smallest absolute Gasteiger partial charge is 0.251 e. The number of halogens is 1. The SMILES string of the molecule is CC(C)CCNC(=O)Cc1cc(=O)[nH]c(SCc2ccc(F)cc2)n1. The molecule has 5 nitrogen and oxygen atoms in total. The number of rotatable bonds is 8. The van der Waals surface area contributed by atoms with Gasteiger partial charge < -0.3 is 10.3 Å². The fourth-order valence-electron chi connectivity index (χ4n) is 2.10. The van der Waals surface area contributed by atoms with E-state index in [1.165, 1.54) is 30.0 Å².